The third-order valence-corrected chi connectivity index (χ3v) is 3.60. The lowest BCUT2D eigenvalue weighted by Crippen LogP contribution is -2.05. The third kappa shape index (κ3) is 1.28. The van der Waals surface area contributed by atoms with Crippen molar-refractivity contribution in [1.29, 1.82) is 0 Å². The molecule has 2 aromatic heterocycles. The minimum absolute atomic E-state index is 0.0591. The van der Waals surface area contributed by atoms with Gasteiger partial charge in [0.1, 0.15) is 0 Å². The fourth-order valence-electron chi connectivity index (χ4n) is 2.75. The van der Waals surface area contributed by atoms with Crippen LogP contribution in [0.2, 0.25) is 0 Å². The number of hydrogen-bond acceptors (Lipinski definition) is 2. The van der Waals surface area contributed by atoms with Gasteiger partial charge in [-0.1, -0.05) is 23.8 Å². The zero-order chi connectivity index (χ0) is 13.0. The Morgan fingerprint density at radius 1 is 1.05 bits per heavy atom. The Hall–Kier alpha value is -2.62. The molecule has 0 fully saturated rings. The van der Waals surface area contributed by atoms with Crippen LogP contribution in [0.25, 0.3) is 32.4 Å². The first-order chi connectivity index (χ1) is 9.25. The Balaban J connectivity index is 2.50. The zero-order valence-corrected chi connectivity index (χ0v) is 10.3. The normalized spacial score (nSPS) is 11.6. The Morgan fingerprint density at radius 3 is 2.84 bits per heavy atom. The van der Waals surface area contributed by atoms with Crippen LogP contribution in [-0.4, -0.2) is 15.2 Å². The molecular formula is C15H11N3O. The molecule has 0 saturated carbocycles. The summed E-state index contributed by atoms with van der Waals surface area (Å²) in [7, 11) is 0. The van der Waals surface area contributed by atoms with Crippen LogP contribution >= 0.6 is 0 Å². The average Bonchev–Trinajstić information content (AvgIpc) is 2.88. The summed E-state index contributed by atoms with van der Waals surface area (Å²) in [5.74, 6) is 0. The van der Waals surface area contributed by atoms with Crippen molar-refractivity contribution in [2.75, 3.05) is 0 Å². The molecule has 2 N–H and O–H groups in total. The van der Waals surface area contributed by atoms with Gasteiger partial charge < -0.3 is 4.98 Å². The minimum Gasteiger partial charge on any atom is -0.329 e. The molecule has 19 heavy (non-hydrogen) atoms. The highest BCUT2D eigenvalue weighted by Crippen LogP contribution is 2.32. The third-order valence-electron chi connectivity index (χ3n) is 3.60. The number of nitrogens with one attached hydrogen (secondary N) is 2. The van der Waals surface area contributed by atoms with E-state index >= 15 is 0 Å². The first-order valence-corrected chi connectivity index (χ1v) is 6.12. The zero-order valence-electron chi connectivity index (χ0n) is 10.3. The summed E-state index contributed by atoms with van der Waals surface area (Å²) in [6.45, 7) is 2.03. The second-order valence-electron chi connectivity index (χ2n) is 4.80. The number of hydrogen-bond donors (Lipinski definition) is 2. The highest BCUT2D eigenvalue weighted by molar-refractivity contribution is 6.23. The fraction of sp³-hybridized carbons (Fsp3) is 0.0667. The van der Waals surface area contributed by atoms with E-state index in [1.54, 1.807) is 12.4 Å². The first-order valence-electron chi connectivity index (χ1n) is 6.12. The van der Waals surface area contributed by atoms with Gasteiger partial charge in [0, 0.05) is 22.4 Å². The second-order valence-corrected chi connectivity index (χ2v) is 4.80. The monoisotopic (exact) mass is 249 g/mol. The maximum atomic E-state index is 12.2. The van der Waals surface area contributed by atoms with Crippen molar-refractivity contribution in [1.82, 2.24) is 15.2 Å². The molecule has 2 aromatic carbocycles. The second kappa shape index (κ2) is 3.45. The van der Waals surface area contributed by atoms with Crippen molar-refractivity contribution in [3.8, 4) is 0 Å². The summed E-state index contributed by atoms with van der Waals surface area (Å²) >= 11 is 0. The van der Waals surface area contributed by atoms with E-state index < -0.39 is 0 Å². The molecule has 4 nitrogen and oxygen atoms in total. The first kappa shape index (κ1) is 10.3. The summed E-state index contributed by atoms with van der Waals surface area (Å²) in [4.78, 5) is 14.9. The van der Waals surface area contributed by atoms with Crippen LogP contribution in [-0.2, 0) is 0 Å². The largest absolute Gasteiger partial charge is 0.329 e. The molecule has 92 valence electrons. The molecule has 0 aliphatic heterocycles. The molecule has 0 amide bonds. The molecule has 2 heterocycles. The van der Waals surface area contributed by atoms with Crippen LogP contribution < -0.4 is 5.56 Å². The smallest absolute Gasteiger partial charge is 0.256 e. The van der Waals surface area contributed by atoms with Gasteiger partial charge in [-0.15, -0.1) is 0 Å². The van der Waals surface area contributed by atoms with E-state index in [4.69, 9.17) is 0 Å². The van der Waals surface area contributed by atoms with E-state index in [1.165, 1.54) is 0 Å². The molecule has 4 aromatic rings. The highest BCUT2D eigenvalue weighted by Gasteiger charge is 2.12. The molecular weight excluding hydrogens is 238 g/mol. The number of aromatic amines is 2. The summed E-state index contributed by atoms with van der Waals surface area (Å²) in [5, 5.41) is 11.8. The van der Waals surface area contributed by atoms with Gasteiger partial charge in [0.05, 0.1) is 17.1 Å². The van der Waals surface area contributed by atoms with Gasteiger partial charge >= 0.3 is 0 Å². The van der Waals surface area contributed by atoms with E-state index in [1.807, 2.05) is 31.2 Å². The number of benzene rings is 2. The van der Waals surface area contributed by atoms with Crippen LogP contribution in [0.1, 0.15) is 5.56 Å². The lowest BCUT2D eigenvalue weighted by Gasteiger charge is -2.06. The lowest BCUT2D eigenvalue weighted by atomic mass is 9.98. The SMILES string of the molecule is Cc1ccc2c(c1)c1c(=O)[nH]ccc1c1cn[nH]c12. The quantitative estimate of drug-likeness (QED) is 0.471. The van der Waals surface area contributed by atoms with Gasteiger partial charge in [-0.05, 0) is 18.4 Å². The Labute approximate surface area is 108 Å². The maximum absolute atomic E-state index is 12.2. The van der Waals surface area contributed by atoms with Gasteiger partial charge in [-0.3, -0.25) is 9.89 Å². The van der Waals surface area contributed by atoms with Crippen molar-refractivity contribution in [2.45, 2.75) is 6.92 Å². The van der Waals surface area contributed by atoms with E-state index in [2.05, 4.69) is 15.2 Å². The number of nitrogens with zero attached hydrogens (tertiary/aromatic N) is 1. The van der Waals surface area contributed by atoms with Crippen molar-refractivity contribution < 1.29 is 0 Å². The van der Waals surface area contributed by atoms with Gasteiger partial charge in [-0.2, -0.15) is 5.10 Å². The molecule has 4 heteroatoms. The molecule has 0 spiro atoms. The topological polar surface area (TPSA) is 61.5 Å². The summed E-state index contributed by atoms with van der Waals surface area (Å²) in [5.41, 5.74) is 2.06. The number of aryl methyl sites for hydroxylation is 1. The van der Waals surface area contributed by atoms with Crippen molar-refractivity contribution in [3.63, 3.8) is 0 Å². The molecule has 0 aliphatic rings. The molecule has 0 aliphatic carbocycles. The van der Waals surface area contributed by atoms with E-state index in [9.17, 15) is 4.79 Å². The Morgan fingerprint density at radius 2 is 1.95 bits per heavy atom. The maximum Gasteiger partial charge on any atom is 0.256 e. The summed E-state index contributed by atoms with van der Waals surface area (Å²) in [6.07, 6.45) is 3.45. The lowest BCUT2D eigenvalue weighted by molar-refractivity contribution is 1.12. The fourth-order valence-corrected chi connectivity index (χ4v) is 2.75. The highest BCUT2D eigenvalue weighted by atomic mass is 16.1. The molecule has 0 saturated heterocycles. The van der Waals surface area contributed by atoms with E-state index in [-0.39, 0.29) is 5.56 Å². The van der Waals surface area contributed by atoms with E-state index in [0.29, 0.717) is 0 Å². The van der Waals surface area contributed by atoms with Crippen LogP contribution in [0, 0.1) is 6.92 Å². The number of fused-ring (bicyclic) bond motifs is 6. The minimum atomic E-state index is -0.0591. The van der Waals surface area contributed by atoms with Crippen molar-refractivity contribution >= 4 is 32.4 Å². The number of rotatable bonds is 0. The molecule has 4 rings (SSSR count). The van der Waals surface area contributed by atoms with Crippen molar-refractivity contribution in [3.05, 3.63) is 52.6 Å². The van der Waals surface area contributed by atoms with Crippen LogP contribution in [0.5, 0.6) is 0 Å². The van der Waals surface area contributed by atoms with Crippen LogP contribution in [0.15, 0.2) is 41.5 Å². The number of aromatic nitrogens is 3. The van der Waals surface area contributed by atoms with Crippen molar-refractivity contribution in [2.24, 2.45) is 0 Å². The average molecular weight is 249 g/mol. The summed E-state index contributed by atoms with van der Waals surface area (Å²) in [6, 6.07) is 8.06. The number of H-pyrrole nitrogens is 2. The molecule has 0 radical (unpaired) electrons. The Bertz CT molecular complexity index is 995. The van der Waals surface area contributed by atoms with Gasteiger partial charge in [0.15, 0.2) is 0 Å². The predicted molar refractivity (Wildman–Crippen MR) is 76.5 cm³/mol. The molecule has 0 bridgehead atoms. The number of pyridine rings is 1. The van der Waals surface area contributed by atoms with Gasteiger partial charge in [-0.25, -0.2) is 0 Å². The molecule has 0 atom stereocenters. The van der Waals surface area contributed by atoms with E-state index in [0.717, 1.165) is 38.0 Å². The summed E-state index contributed by atoms with van der Waals surface area (Å²) < 4.78 is 0. The van der Waals surface area contributed by atoms with Crippen LogP contribution in [0.3, 0.4) is 0 Å². The van der Waals surface area contributed by atoms with Gasteiger partial charge in [0.25, 0.3) is 5.56 Å². The molecule has 0 unspecified atom stereocenters. The van der Waals surface area contributed by atoms with Crippen LogP contribution in [0.4, 0.5) is 0 Å². The predicted octanol–water partition coefficient (Wildman–Crippen LogP) is 2.87. The Kier molecular flexibility index (Phi) is 1.87. The standard InChI is InChI=1S/C15H11N3O/c1-8-2-3-10-11(6-8)13-9(4-5-16-15(13)19)12-7-17-18-14(10)12/h2-7H,1H3,(H,16,19)(H,17,18). The van der Waals surface area contributed by atoms with Gasteiger partial charge in [0.2, 0.25) is 0 Å².